The van der Waals surface area contributed by atoms with Crippen molar-refractivity contribution >= 4 is 57.6 Å². The van der Waals surface area contributed by atoms with Gasteiger partial charge in [0.2, 0.25) is 11.8 Å². The van der Waals surface area contributed by atoms with Gasteiger partial charge in [0, 0.05) is 48.1 Å². The summed E-state index contributed by atoms with van der Waals surface area (Å²) in [6.45, 7) is 4.15. The Labute approximate surface area is 227 Å². The third-order valence-corrected chi connectivity index (χ3v) is 9.16. The number of anilines is 1. The molecule has 1 aromatic heterocycles. The monoisotopic (exact) mass is 565 g/mol. The SMILES string of the molecule is CO/N=C(\C(=O)N[C@H](C)[C@H]1C(=O)N2C(C(=O)O)=C(SC3CNC(C(=O)N(C)C)C3)[C@H](C)[C@H]12)c1csc(N)n1. The summed E-state index contributed by atoms with van der Waals surface area (Å²) in [5, 5.41) is 21.6. The number of thiazole rings is 1. The largest absolute Gasteiger partial charge is 0.477 e. The standard InChI is InChI=1S/C23H31N7O6S2/c1-9-16-14(10(2)26-19(31)15(28-36-5)13-8-37-23(24)27-13)21(33)30(16)17(22(34)35)18(9)38-11-6-12(25-7-11)20(32)29(3)4/h8-12,14,16,25H,6-7H2,1-5H3,(H2,24,27)(H,26,31)(H,34,35)/b28-15-/t9-,10-,11?,12?,14-,16-/m1/s1. The quantitative estimate of drug-likeness (QED) is 0.179. The van der Waals surface area contributed by atoms with Crippen LogP contribution in [0.4, 0.5) is 5.13 Å². The number of nitrogen functional groups attached to an aromatic ring is 1. The highest BCUT2D eigenvalue weighted by Crippen LogP contribution is 2.51. The smallest absolute Gasteiger partial charge is 0.353 e. The number of nitrogens with zero attached hydrogens (tertiary/aromatic N) is 4. The molecule has 2 unspecified atom stereocenters. The first-order valence-electron chi connectivity index (χ1n) is 12.0. The molecule has 1 aromatic rings. The number of nitrogens with one attached hydrogen (secondary N) is 2. The van der Waals surface area contributed by atoms with E-state index >= 15 is 0 Å². The van der Waals surface area contributed by atoms with Gasteiger partial charge in [-0.15, -0.1) is 23.1 Å². The van der Waals surface area contributed by atoms with Gasteiger partial charge in [-0.25, -0.2) is 9.78 Å². The topological polar surface area (TPSA) is 180 Å². The van der Waals surface area contributed by atoms with E-state index in [0.29, 0.717) is 17.9 Å². The second-order valence-electron chi connectivity index (χ2n) is 9.66. The third kappa shape index (κ3) is 4.97. The number of carboxylic acids is 1. The lowest BCUT2D eigenvalue weighted by molar-refractivity contribution is -0.158. The molecule has 3 amide bonds. The number of carbonyl (C=O) groups excluding carboxylic acids is 3. The number of carbonyl (C=O) groups is 4. The van der Waals surface area contributed by atoms with Crippen LogP contribution in [0.1, 0.15) is 26.0 Å². The van der Waals surface area contributed by atoms with Crippen LogP contribution in [-0.4, -0.2) is 100 Å². The van der Waals surface area contributed by atoms with Crippen LogP contribution in [0.5, 0.6) is 0 Å². The highest BCUT2D eigenvalue weighted by molar-refractivity contribution is 8.03. The third-order valence-electron chi connectivity index (χ3n) is 6.97. The summed E-state index contributed by atoms with van der Waals surface area (Å²) >= 11 is 2.56. The summed E-state index contributed by atoms with van der Waals surface area (Å²) in [4.78, 5) is 63.2. The maximum Gasteiger partial charge on any atom is 0.353 e. The number of hydrogen-bond donors (Lipinski definition) is 4. The van der Waals surface area contributed by atoms with Crippen LogP contribution in [0.3, 0.4) is 0 Å². The lowest BCUT2D eigenvalue weighted by Gasteiger charge is -2.47. The maximum atomic E-state index is 13.2. The molecule has 5 N–H and O–H groups in total. The molecule has 0 aromatic carbocycles. The fourth-order valence-corrected chi connectivity index (χ4v) is 7.25. The van der Waals surface area contributed by atoms with Crippen molar-refractivity contribution in [3.05, 3.63) is 21.7 Å². The van der Waals surface area contributed by atoms with Crippen LogP contribution in [-0.2, 0) is 24.0 Å². The number of rotatable bonds is 9. The van der Waals surface area contributed by atoms with Gasteiger partial charge in [-0.3, -0.25) is 14.4 Å². The number of β-lactam (4-membered cyclic amide) rings is 1. The number of carboxylic acid groups (broad SMARTS) is 1. The molecule has 4 rings (SSSR count). The first-order chi connectivity index (χ1) is 18.0. The number of likely N-dealkylation sites (N-methyl/N-ethyl adjacent to an activating group) is 1. The predicted octanol–water partition coefficient (Wildman–Crippen LogP) is -0.0947. The van der Waals surface area contributed by atoms with E-state index < -0.39 is 29.9 Å². The number of nitrogens with two attached hydrogens (primary N) is 1. The fourth-order valence-electron chi connectivity index (χ4n) is 5.23. The number of hydrogen-bond acceptors (Lipinski definition) is 11. The normalized spacial score (nSPS) is 27.6. The van der Waals surface area contributed by atoms with E-state index in [1.165, 1.54) is 28.7 Å². The molecule has 206 valence electrons. The summed E-state index contributed by atoms with van der Waals surface area (Å²) in [5.41, 5.74) is 5.83. The first-order valence-corrected chi connectivity index (χ1v) is 13.8. The summed E-state index contributed by atoms with van der Waals surface area (Å²) < 4.78 is 0. The van der Waals surface area contributed by atoms with Crippen molar-refractivity contribution in [2.45, 2.75) is 43.6 Å². The van der Waals surface area contributed by atoms with Crippen LogP contribution in [0.2, 0.25) is 0 Å². The molecule has 3 aliphatic heterocycles. The molecular weight excluding hydrogens is 534 g/mol. The summed E-state index contributed by atoms with van der Waals surface area (Å²) in [7, 11) is 4.69. The minimum Gasteiger partial charge on any atom is -0.477 e. The zero-order valence-electron chi connectivity index (χ0n) is 21.6. The van der Waals surface area contributed by atoms with Crippen molar-refractivity contribution in [3.63, 3.8) is 0 Å². The van der Waals surface area contributed by atoms with Crippen molar-refractivity contribution in [2.75, 3.05) is 33.5 Å². The van der Waals surface area contributed by atoms with Crippen LogP contribution in [0.25, 0.3) is 0 Å². The number of oxime groups is 1. The minimum atomic E-state index is -1.17. The molecule has 0 radical (unpaired) electrons. The molecule has 0 bridgehead atoms. The Hall–Kier alpha value is -3.17. The van der Waals surface area contributed by atoms with E-state index in [4.69, 9.17) is 10.6 Å². The first kappa shape index (κ1) is 27.9. The number of aliphatic carboxylic acids is 1. The van der Waals surface area contributed by atoms with Gasteiger partial charge in [0.05, 0.1) is 18.0 Å². The molecule has 2 saturated heterocycles. The van der Waals surface area contributed by atoms with Crippen molar-refractivity contribution in [1.82, 2.24) is 25.4 Å². The Morgan fingerprint density at radius 2 is 2.13 bits per heavy atom. The van der Waals surface area contributed by atoms with Gasteiger partial charge in [0.1, 0.15) is 18.5 Å². The number of thioether (sulfide) groups is 1. The minimum absolute atomic E-state index is 0.0153. The van der Waals surface area contributed by atoms with Gasteiger partial charge in [0.15, 0.2) is 10.8 Å². The highest BCUT2D eigenvalue weighted by Gasteiger charge is 2.60. The van der Waals surface area contributed by atoms with E-state index in [9.17, 15) is 24.3 Å². The van der Waals surface area contributed by atoms with E-state index in [2.05, 4.69) is 20.8 Å². The number of fused-ring (bicyclic) bond motifs is 1. The molecule has 6 atom stereocenters. The molecule has 38 heavy (non-hydrogen) atoms. The predicted molar refractivity (Wildman–Crippen MR) is 142 cm³/mol. The average molecular weight is 566 g/mol. The van der Waals surface area contributed by atoms with Crippen molar-refractivity contribution in [3.8, 4) is 0 Å². The van der Waals surface area contributed by atoms with Crippen molar-refractivity contribution in [1.29, 1.82) is 0 Å². The van der Waals surface area contributed by atoms with Gasteiger partial charge in [-0.2, -0.15) is 0 Å². The van der Waals surface area contributed by atoms with Gasteiger partial charge < -0.3 is 36.1 Å². The van der Waals surface area contributed by atoms with Gasteiger partial charge in [-0.1, -0.05) is 12.1 Å². The lowest BCUT2D eigenvalue weighted by Crippen LogP contribution is -2.66. The van der Waals surface area contributed by atoms with Crippen LogP contribution < -0.4 is 16.4 Å². The molecule has 2 fully saturated rings. The van der Waals surface area contributed by atoms with Crippen molar-refractivity contribution < 1.29 is 29.1 Å². The number of aromatic nitrogens is 1. The molecule has 0 spiro atoms. The second kappa shape index (κ2) is 10.9. The fraction of sp³-hybridized carbons (Fsp3) is 0.565. The van der Waals surface area contributed by atoms with Gasteiger partial charge >= 0.3 is 5.97 Å². The lowest BCUT2D eigenvalue weighted by atomic mass is 9.78. The highest BCUT2D eigenvalue weighted by atomic mass is 32.2. The molecule has 0 aliphatic carbocycles. The second-order valence-corrected chi connectivity index (χ2v) is 11.9. The summed E-state index contributed by atoms with van der Waals surface area (Å²) in [6, 6.07) is -1.37. The summed E-state index contributed by atoms with van der Waals surface area (Å²) in [5.74, 6) is -3.04. The van der Waals surface area contributed by atoms with E-state index in [0.717, 1.165) is 11.3 Å². The van der Waals surface area contributed by atoms with Crippen LogP contribution in [0, 0.1) is 11.8 Å². The Balaban J connectivity index is 1.48. The van der Waals surface area contributed by atoms with Crippen LogP contribution >= 0.6 is 23.1 Å². The Kier molecular flexibility index (Phi) is 7.99. The van der Waals surface area contributed by atoms with Gasteiger partial charge in [-0.05, 0) is 13.3 Å². The molecule has 4 heterocycles. The van der Waals surface area contributed by atoms with Gasteiger partial charge in [0.25, 0.3) is 5.91 Å². The van der Waals surface area contributed by atoms with E-state index in [-0.39, 0.29) is 51.3 Å². The Morgan fingerprint density at radius 3 is 2.71 bits per heavy atom. The molecule has 3 aliphatic rings. The summed E-state index contributed by atoms with van der Waals surface area (Å²) in [6.07, 6.45) is 0.558. The number of amides is 3. The average Bonchev–Trinajstić information content (AvgIpc) is 3.55. The Bertz CT molecular complexity index is 1210. The molecule has 15 heteroatoms. The van der Waals surface area contributed by atoms with E-state index in [1.807, 2.05) is 6.92 Å². The van der Waals surface area contributed by atoms with Crippen LogP contribution in [0.15, 0.2) is 21.1 Å². The van der Waals surface area contributed by atoms with Crippen molar-refractivity contribution in [2.24, 2.45) is 17.0 Å². The molecule has 0 saturated carbocycles. The Morgan fingerprint density at radius 1 is 1.42 bits per heavy atom. The zero-order valence-corrected chi connectivity index (χ0v) is 23.3. The maximum absolute atomic E-state index is 13.2. The zero-order chi connectivity index (χ0) is 27.9. The molecule has 13 nitrogen and oxygen atoms in total. The molecular formula is C23H31N7O6S2. The van der Waals surface area contributed by atoms with E-state index in [1.54, 1.807) is 26.4 Å².